The first-order valence-corrected chi connectivity index (χ1v) is 5.59. The first kappa shape index (κ1) is 11.0. The Morgan fingerprint density at radius 2 is 2.24 bits per heavy atom. The van der Waals surface area contributed by atoms with E-state index in [-0.39, 0.29) is 12.4 Å². The van der Waals surface area contributed by atoms with Crippen molar-refractivity contribution in [1.29, 1.82) is 0 Å². The molecule has 1 aromatic carbocycles. The number of Topliss-reactive ketones (excluding diaryl/α,β-unsaturated/α-hetero) is 1. The number of carbonyl (C=O) groups excluding carboxylic acids is 1. The summed E-state index contributed by atoms with van der Waals surface area (Å²) in [5.41, 5.74) is 3.72. The monoisotopic (exact) mass is 255 g/mol. The Bertz CT molecular complexity index is 471. The number of ketones is 1. The molecule has 2 aliphatic rings. The summed E-state index contributed by atoms with van der Waals surface area (Å²) in [7, 11) is 0. The second kappa shape index (κ2) is 3.96. The van der Waals surface area contributed by atoms with Crippen LogP contribution in [0.25, 0.3) is 0 Å². The van der Waals surface area contributed by atoms with Crippen LogP contribution in [0.4, 0.5) is 5.69 Å². The van der Waals surface area contributed by atoms with Gasteiger partial charge in [0.05, 0.1) is 18.9 Å². The fraction of sp³-hybridized carbons (Fsp3) is 0.364. The molecule has 1 N–H and O–H groups in total. The number of fused-ring (bicyclic) bond motifs is 1. The second-order valence-electron chi connectivity index (χ2n) is 3.88. The van der Waals surface area contributed by atoms with Crippen molar-refractivity contribution in [3.05, 3.63) is 28.8 Å². The van der Waals surface area contributed by atoms with Crippen molar-refractivity contribution in [1.82, 2.24) is 0 Å². The van der Waals surface area contributed by atoms with E-state index in [0.717, 1.165) is 0 Å². The molecule has 90 valence electrons. The standard InChI is InChI=1S/C11H10ClNO4/c12-7-1-2-8-9(5-7)13-17-11(10(8)14)6-15-3-4-16-11/h1-2,5,13H,3-4,6H2. The zero-order valence-corrected chi connectivity index (χ0v) is 9.62. The minimum Gasteiger partial charge on any atom is -0.373 e. The third-order valence-electron chi connectivity index (χ3n) is 2.75. The molecule has 1 spiro atoms. The number of carbonyl (C=O) groups is 1. The molecule has 0 aromatic heterocycles. The van der Waals surface area contributed by atoms with E-state index in [0.29, 0.717) is 29.5 Å². The van der Waals surface area contributed by atoms with Crippen LogP contribution >= 0.6 is 11.6 Å². The molecule has 1 unspecified atom stereocenters. The normalized spacial score (nSPS) is 27.7. The summed E-state index contributed by atoms with van der Waals surface area (Å²) >= 11 is 5.84. The number of rotatable bonds is 0. The summed E-state index contributed by atoms with van der Waals surface area (Å²) in [6.07, 6.45) is 0. The van der Waals surface area contributed by atoms with Crippen LogP contribution in [0.3, 0.4) is 0 Å². The van der Waals surface area contributed by atoms with Crippen molar-refractivity contribution in [3.8, 4) is 0 Å². The second-order valence-corrected chi connectivity index (χ2v) is 4.31. The Labute approximate surface area is 103 Å². The third kappa shape index (κ3) is 1.71. The van der Waals surface area contributed by atoms with E-state index in [1.165, 1.54) is 0 Å². The van der Waals surface area contributed by atoms with Crippen molar-refractivity contribution in [3.63, 3.8) is 0 Å². The maximum absolute atomic E-state index is 12.3. The highest BCUT2D eigenvalue weighted by atomic mass is 35.5. The van der Waals surface area contributed by atoms with Gasteiger partial charge in [0.15, 0.2) is 0 Å². The largest absolute Gasteiger partial charge is 0.373 e. The number of anilines is 1. The van der Waals surface area contributed by atoms with Gasteiger partial charge in [0.2, 0.25) is 5.78 Å². The molecule has 2 heterocycles. The van der Waals surface area contributed by atoms with Gasteiger partial charge in [-0.25, -0.2) is 4.84 Å². The van der Waals surface area contributed by atoms with Crippen LogP contribution in [-0.2, 0) is 14.3 Å². The minimum atomic E-state index is -1.36. The zero-order chi connectivity index (χ0) is 11.9. The van der Waals surface area contributed by atoms with Crippen LogP contribution < -0.4 is 5.48 Å². The lowest BCUT2D eigenvalue weighted by Crippen LogP contribution is -2.55. The van der Waals surface area contributed by atoms with Gasteiger partial charge in [0.1, 0.15) is 6.61 Å². The van der Waals surface area contributed by atoms with Crippen molar-refractivity contribution in [2.45, 2.75) is 5.79 Å². The average Bonchev–Trinajstić information content (AvgIpc) is 2.36. The first-order valence-electron chi connectivity index (χ1n) is 5.21. The highest BCUT2D eigenvalue weighted by Crippen LogP contribution is 2.33. The predicted molar refractivity (Wildman–Crippen MR) is 60.0 cm³/mol. The fourth-order valence-electron chi connectivity index (χ4n) is 1.89. The molecular weight excluding hydrogens is 246 g/mol. The average molecular weight is 256 g/mol. The van der Waals surface area contributed by atoms with Crippen LogP contribution in [-0.4, -0.2) is 31.4 Å². The number of halogens is 1. The first-order chi connectivity index (χ1) is 8.21. The van der Waals surface area contributed by atoms with Gasteiger partial charge in [0, 0.05) is 10.6 Å². The van der Waals surface area contributed by atoms with Gasteiger partial charge < -0.3 is 9.47 Å². The van der Waals surface area contributed by atoms with E-state index in [1.54, 1.807) is 18.2 Å². The summed E-state index contributed by atoms with van der Waals surface area (Å²) in [5, 5.41) is 0.532. The molecule has 1 fully saturated rings. The van der Waals surface area contributed by atoms with E-state index in [9.17, 15) is 4.79 Å². The zero-order valence-electron chi connectivity index (χ0n) is 8.86. The predicted octanol–water partition coefficient (Wildman–Crippen LogP) is 1.62. The van der Waals surface area contributed by atoms with Gasteiger partial charge in [-0.3, -0.25) is 10.3 Å². The maximum atomic E-state index is 12.3. The van der Waals surface area contributed by atoms with Gasteiger partial charge in [0.25, 0.3) is 5.79 Å². The molecule has 3 rings (SSSR count). The van der Waals surface area contributed by atoms with E-state index >= 15 is 0 Å². The van der Waals surface area contributed by atoms with Gasteiger partial charge >= 0.3 is 0 Å². The molecule has 5 nitrogen and oxygen atoms in total. The Morgan fingerprint density at radius 1 is 1.35 bits per heavy atom. The van der Waals surface area contributed by atoms with Crippen LogP contribution in [0.15, 0.2) is 18.2 Å². The van der Waals surface area contributed by atoms with Gasteiger partial charge in [-0.15, -0.1) is 0 Å². The Morgan fingerprint density at radius 3 is 3.00 bits per heavy atom. The number of hydrogen-bond acceptors (Lipinski definition) is 5. The van der Waals surface area contributed by atoms with Gasteiger partial charge in [-0.1, -0.05) is 11.6 Å². The smallest absolute Gasteiger partial charge is 0.281 e. The molecule has 17 heavy (non-hydrogen) atoms. The molecule has 1 saturated heterocycles. The van der Waals surface area contributed by atoms with E-state index < -0.39 is 5.79 Å². The molecule has 2 aliphatic heterocycles. The molecule has 0 radical (unpaired) electrons. The van der Waals surface area contributed by atoms with E-state index in [4.69, 9.17) is 25.9 Å². The summed E-state index contributed by atoms with van der Waals surface area (Å²) in [6, 6.07) is 4.93. The van der Waals surface area contributed by atoms with E-state index in [1.807, 2.05) is 0 Å². The van der Waals surface area contributed by atoms with Crippen LogP contribution in [0.2, 0.25) is 5.02 Å². The summed E-state index contributed by atoms with van der Waals surface area (Å²) < 4.78 is 10.6. The number of nitrogens with one attached hydrogen (secondary N) is 1. The lowest BCUT2D eigenvalue weighted by Gasteiger charge is -2.38. The topological polar surface area (TPSA) is 56.8 Å². The molecule has 0 aliphatic carbocycles. The van der Waals surface area contributed by atoms with Crippen LogP contribution in [0.5, 0.6) is 0 Å². The SMILES string of the molecule is O=C1c2ccc(Cl)cc2NOC12COCCO2. The lowest BCUT2D eigenvalue weighted by atomic mass is 10.00. The van der Waals surface area contributed by atoms with E-state index in [2.05, 4.69) is 5.48 Å². The number of ether oxygens (including phenoxy) is 2. The molecule has 1 aromatic rings. The highest BCUT2D eigenvalue weighted by molar-refractivity contribution is 6.31. The number of benzene rings is 1. The molecule has 1 atom stereocenters. The van der Waals surface area contributed by atoms with Crippen molar-refractivity contribution >= 4 is 23.1 Å². The molecule has 6 heteroatoms. The van der Waals surface area contributed by atoms with Crippen molar-refractivity contribution in [2.24, 2.45) is 0 Å². The fourth-order valence-corrected chi connectivity index (χ4v) is 2.06. The maximum Gasteiger partial charge on any atom is 0.281 e. The minimum absolute atomic E-state index is 0.0842. The molecule has 0 saturated carbocycles. The quantitative estimate of drug-likeness (QED) is 0.764. The number of hydrogen-bond donors (Lipinski definition) is 1. The summed E-state index contributed by atoms with van der Waals surface area (Å²) in [6.45, 7) is 0.878. The lowest BCUT2D eigenvalue weighted by molar-refractivity contribution is -0.251. The summed E-state index contributed by atoms with van der Waals surface area (Å²) in [5.74, 6) is -1.61. The Balaban J connectivity index is 2.00. The molecule has 0 bridgehead atoms. The summed E-state index contributed by atoms with van der Waals surface area (Å²) in [4.78, 5) is 17.6. The van der Waals surface area contributed by atoms with Gasteiger partial charge in [-0.2, -0.15) is 0 Å². The van der Waals surface area contributed by atoms with Gasteiger partial charge in [-0.05, 0) is 18.2 Å². The Hall–Kier alpha value is -1.14. The van der Waals surface area contributed by atoms with Crippen molar-refractivity contribution in [2.75, 3.05) is 25.3 Å². The molecule has 0 amide bonds. The van der Waals surface area contributed by atoms with Crippen LogP contribution in [0, 0.1) is 0 Å². The Kier molecular flexibility index (Phi) is 2.56. The van der Waals surface area contributed by atoms with Crippen molar-refractivity contribution < 1.29 is 19.1 Å². The highest BCUT2D eigenvalue weighted by Gasteiger charge is 2.48. The molecular formula is C11H10ClNO4. The third-order valence-corrected chi connectivity index (χ3v) is 2.99. The van der Waals surface area contributed by atoms with Crippen LogP contribution in [0.1, 0.15) is 10.4 Å².